The Morgan fingerprint density at radius 3 is 2.44 bits per heavy atom. The number of aryl methyl sites for hydroxylation is 1. The van der Waals surface area contributed by atoms with Crippen LogP contribution in [0.1, 0.15) is 29.2 Å². The fraction of sp³-hybridized carbons (Fsp3) is 0.100. The highest BCUT2D eigenvalue weighted by Gasteiger charge is 2.37. The maximum Gasteiger partial charge on any atom is 0.335 e. The Bertz CT molecular complexity index is 1560. The van der Waals surface area contributed by atoms with E-state index in [9.17, 15) is 18.8 Å². The zero-order valence-corrected chi connectivity index (χ0v) is 19.6. The molecule has 4 aromatic rings. The lowest BCUT2D eigenvalue weighted by Gasteiger charge is -2.28. The average Bonchev–Trinajstić information content (AvgIpc) is 2.87. The van der Waals surface area contributed by atoms with E-state index in [1.807, 2.05) is 61.5 Å². The molecule has 6 heteroatoms. The number of halogens is 1. The van der Waals surface area contributed by atoms with Crippen molar-refractivity contribution in [2.45, 2.75) is 19.8 Å². The Hall–Kier alpha value is -4.58. The topological polar surface area (TPSA) is 66.5 Å². The SMILES string of the molecule is CCc1ccccc1N1C(=O)NC(=O)/C(=C/c2c(Cc3cccc(F)c3)ccc3ccccc23)C1=O. The summed E-state index contributed by atoms with van der Waals surface area (Å²) in [5, 5.41) is 4.09. The molecule has 1 heterocycles. The van der Waals surface area contributed by atoms with E-state index in [4.69, 9.17) is 0 Å². The molecule has 1 saturated heterocycles. The first-order chi connectivity index (χ1) is 17.5. The van der Waals surface area contributed by atoms with E-state index in [0.717, 1.165) is 32.4 Å². The smallest absolute Gasteiger partial charge is 0.273 e. The van der Waals surface area contributed by atoms with Gasteiger partial charge in [-0.2, -0.15) is 0 Å². The highest BCUT2D eigenvalue weighted by molar-refractivity contribution is 6.39. The van der Waals surface area contributed by atoms with Gasteiger partial charge in [0.1, 0.15) is 11.4 Å². The molecule has 1 aliphatic heterocycles. The summed E-state index contributed by atoms with van der Waals surface area (Å²) in [7, 11) is 0. The third-order valence-corrected chi connectivity index (χ3v) is 6.35. The maximum atomic E-state index is 13.9. The van der Waals surface area contributed by atoms with Crippen molar-refractivity contribution in [1.29, 1.82) is 0 Å². The number of carbonyl (C=O) groups excluding carboxylic acids is 3. The summed E-state index contributed by atoms with van der Waals surface area (Å²) >= 11 is 0. The van der Waals surface area contributed by atoms with Crippen molar-refractivity contribution in [3.63, 3.8) is 0 Å². The van der Waals surface area contributed by atoms with Gasteiger partial charge in [-0.25, -0.2) is 14.1 Å². The van der Waals surface area contributed by atoms with Crippen LogP contribution in [0.3, 0.4) is 0 Å². The van der Waals surface area contributed by atoms with Crippen molar-refractivity contribution in [2.24, 2.45) is 0 Å². The Morgan fingerprint density at radius 2 is 1.64 bits per heavy atom. The van der Waals surface area contributed by atoms with E-state index < -0.39 is 17.8 Å². The first-order valence-electron chi connectivity index (χ1n) is 11.7. The van der Waals surface area contributed by atoms with Crippen molar-refractivity contribution in [2.75, 3.05) is 4.90 Å². The summed E-state index contributed by atoms with van der Waals surface area (Å²) in [4.78, 5) is 40.3. The lowest BCUT2D eigenvalue weighted by Crippen LogP contribution is -2.54. The quantitative estimate of drug-likeness (QED) is 0.291. The Morgan fingerprint density at radius 1 is 0.861 bits per heavy atom. The molecular formula is C30H23FN2O3. The minimum atomic E-state index is -0.777. The molecule has 0 aliphatic carbocycles. The van der Waals surface area contributed by atoms with E-state index in [1.54, 1.807) is 24.3 Å². The number of nitrogens with zero attached hydrogens (tertiary/aromatic N) is 1. The molecule has 36 heavy (non-hydrogen) atoms. The standard InChI is InChI=1S/C30H23FN2O3/c1-2-20-9-4-6-13-27(20)33-29(35)26(28(34)32-30(33)36)18-25-22(16-19-8-7-11-23(31)17-19)15-14-21-10-3-5-12-24(21)25/h3-15,17-18H,2,16H2,1H3,(H,32,34,36)/b26-18-. The van der Waals surface area contributed by atoms with E-state index in [1.165, 1.54) is 12.1 Å². The number of imide groups is 2. The van der Waals surface area contributed by atoms with Crippen LogP contribution < -0.4 is 10.2 Å². The molecule has 5 rings (SSSR count). The number of urea groups is 1. The Kier molecular flexibility index (Phi) is 6.17. The average molecular weight is 479 g/mol. The van der Waals surface area contributed by atoms with Crippen molar-refractivity contribution in [3.8, 4) is 0 Å². The number of benzene rings is 4. The lowest BCUT2D eigenvalue weighted by molar-refractivity contribution is -0.122. The highest BCUT2D eigenvalue weighted by atomic mass is 19.1. The van der Waals surface area contributed by atoms with Gasteiger partial charge in [-0.15, -0.1) is 0 Å². The largest absolute Gasteiger partial charge is 0.335 e. The normalized spacial score (nSPS) is 15.0. The molecule has 0 atom stereocenters. The minimum Gasteiger partial charge on any atom is -0.273 e. The summed E-state index contributed by atoms with van der Waals surface area (Å²) < 4.78 is 13.9. The van der Waals surface area contributed by atoms with Gasteiger partial charge in [-0.3, -0.25) is 14.9 Å². The fourth-order valence-electron chi connectivity index (χ4n) is 4.58. The molecular weight excluding hydrogens is 455 g/mol. The minimum absolute atomic E-state index is 0.141. The van der Waals surface area contributed by atoms with E-state index in [-0.39, 0.29) is 11.4 Å². The van der Waals surface area contributed by atoms with Crippen LogP contribution in [-0.2, 0) is 22.4 Å². The third kappa shape index (κ3) is 4.29. The number of anilines is 1. The van der Waals surface area contributed by atoms with Crippen LogP contribution in [0.4, 0.5) is 14.9 Å². The van der Waals surface area contributed by atoms with Gasteiger partial charge in [-0.1, -0.05) is 73.7 Å². The second-order valence-electron chi connectivity index (χ2n) is 8.61. The van der Waals surface area contributed by atoms with Crippen LogP contribution in [0.15, 0.2) is 90.5 Å². The fourth-order valence-corrected chi connectivity index (χ4v) is 4.58. The zero-order chi connectivity index (χ0) is 25.2. The van der Waals surface area contributed by atoms with Crippen LogP contribution in [0.25, 0.3) is 16.8 Å². The molecule has 0 aromatic heterocycles. The number of nitrogens with one attached hydrogen (secondary N) is 1. The first kappa shape index (κ1) is 23.2. The van der Waals surface area contributed by atoms with E-state index >= 15 is 0 Å². The van der Waals surface area contributed by atoms with Gasteiger partial charge < -0.3 is 0 Å². The molecule has 5 nitrogen and oxygen atoms in total. The maximum absolute atomic E-state index is 13.9. The number of carbonyl (C=O) groups is 3. The van der Waals surface area contributed by atoms with Crippen LogP contribution in [-0.4, -0.2) is 17.8 Å². The van der Waals surface area contributed by atoms with Crippen LogP contribution >= 0.6 is 0 Å². The summed E-state index contributed by atoms with van der Waals surface area (Å²) in [6.45, 7) is 1.93. The first-order valence-corrected chi connectivity index (χ1v) is 11.7. The van der Waals surface area contributed by atoms with Gasteiger partial charge in [0.05, 0.1) is 5.69 Å². The predicted molar refractivity (Wildman–Crippen MR) is 138 cm³/mol. The molecule has 0 radical (unpaired) electrons. The molecule has 1 fully saturated rings. The Labute approximate surface area is 207 Å². The molecule has 1 N–H and O–H groups in total. The highest BCUT2D eigenvalue weighted by Crippen LogP contribution is 2.30. The number of fused-ring (bicyclic) bond motifs is 1. The van der Waals surface area contributed by atoms with Crippen LogP contribution in [0.5, 0.6) is 0 Å². The molecule has 1 aliphatic rings. The van der Waals surface area contributed by atoms with Crippen molar-refractivity contribution >= 4 is 40.4 Å². The lowest BCUT2D eigenvalue weighted by atomic mass is 9.92. The number of rotatable bonds is 5. The van der Waals surface area contributed by atoms with Gasteiger partial charge >= 0.3 is 6.03 Å². The summed E-state index contributed by atoms with van der Waals surface area (Å²) in [6.07, 6.45) is 2.56. The Balaban J connectivity index is 1.65. The predicted octanol–water partition coefficient (Wildman–Crippen LogP) is 5.80. The van der Waals surface area contributed by atoms with E-state index in [2.05, 4.69) is 5.32 Å². The van der Waals surface area contributed by atoms with Gasteiger partial charge in [0.15, 0.2) is 0 Å². The summed E-state index contributed by atoms with van der Waals surface area (Å²) in [6, 6.07) is 24.2. The van der Waals surface area contributed by atoms with Crippen LogP contribution in [0.2, 0.25) is 0 Å². The second kappa shape index (κ2) is 9.58. The van der Waals surface area contributed by atoms with Crippen molar-refractivity contribution in [1.82, 2.24) is 5.32 Å². The molecule has 0 spiro atoms. The number of para-hydroxylation sites is 1. The molecule has 0 bridgehead atoms. The van der Waals surface area contributed by atoms with Crippen molar-refractivity contribution in [3.05, 3.63) is 119 Å². The van der Waals surface area contributed by atoms with Gasteiger partial charge in [-0.05, 0) is 70.1 Å². The molecule has 178 valence electrons. The van der Waals surface area contributed by atoms with E-state index in [0.29, 0.717) is 24.1 Å². The van der Waals surface area contributed by atoms with Crippen LogP contribution in [0, 0.1) is 5.82 Å². The molecule has 0 unspecified atom stereocenters. The molecule has 4 aromatic carbocycles. The zero-order valence-electron chi connectivity index (χ0n) is 19.6. The molecule has 0 saturated carbocycles. The summed E-state index contributed by atoms with van der Waals surface area (Å²) in [5.41, 5.74) is 3.37. The van der Waals surface area contributed by atoms with Gasteiger partial charge in [0.25, 0.3) is 11.8 Å². The number of amides is 4. The monoisotopic (exact) mass is 478 g/mol. The number of barbiturate groups is 1. The van der Waals surface area contributed by atoms with Crippen molar-refractivity contribution < 1.29 is 18.8 Å². The van der Waals surface area contributed by atoms with Gasteiger partial charge in [0, 0.05) is 0 Å². The third-order valence-electron chi connectivity index (χ3n) is 6.35. The second-order valence-corrected chi connectivity index (χ2v) is 8.61. The number of hydrogen-bond acceptors (Lipinski definition) is 3. The molecule has 4 amide bonds. The number of hydrogen-bond donors (Lipinski definition) is 1. The summed E-state index contributed by atoms with van der Waals surface area (Å²) in [5.74, 6) is -1.77. The van der Waals surface area contributed by atoms with Gasteiger partial charge in [0.2, 0.25) is 0 Å².